The fourth-order valence-corrected chi connectivity index (χ4v) is 1.51. The Kier molecular flexibility index (Phi) is 5.01. The minimum absolute atomic E-state index is 0.0130. The van der Waals surface area contributed by atoms with Crippen molar-refractivity contribution in [1.29, 1.82) is 0 Å². The third-order valence-corrected chi connectivity index (χ3v) is 2.28. The molecule has 0 unspecified atom stereocenters. The average molecular weight is 240 g/mol. The summed E-state index contributed by atoms with van der Waals surface area (Å²) in [6.45, 7) is 1.11. The van der Waals surface area contributed by atoms with E-state index in [9.17, 15) is 18.0 Å². The van der Waals surface area contributed by atoms with Gasteiger partial charge in [0.15, 0.2) is 0 Å². The Morgan fingerprint density at radius 3 is 2.50 bits per heavy atom. The van der Waals surface area contributed by atoms with E-state index in [2.05, 4.69) is 10.1 Å². The summed E-state index contributed by atoms with van der Waals surface area (Å²) < 4.78 is 38.2. The highest BCUT2D eigenvalue weighted by Gasteiger charge is 2.28. The van der Waals surface area contributed by atoms with Crippen molar-refractivity contribution >= 4 is 5.91 Å². The van der Waals surface area contributed by atoms with Crippen LogP contribution in [-0.2, 0) is 9.53 Å². The number of nitrogens with one attached hydrogen (secondary N) is 1. The van der Waals surface area contributed by atoms with Crippen LogP contribution < -0.4 is 5.32 Å². The molecule has 0 aromatic heterocycles. The van der Waals surface area contributed by atoms with Crippen LogP contribution in [0.5, 0.6) is 0 Å². The zero-order chi connectivity index (χ0) is 12.0. The molecule has 0 aliphatic carbocycles. The van der Waals surface area contributed by atoms with E-state index in [1.54, 1.807) is 4.90 Å². The summed E-state index contributed by atoms with van der Waals surface area (Å²) in [5.74, 6) is -0.0653. The molecule has 4 nitrogen and oxygen atoms in total. The minimum atomic E-state index is -4.60. The molecule has 0 saturated carbocycles. The van der Waals surface area contributed by atoms with Gasteiger partial charge in [-0.15, -0.1) is 13.2 Å². The van der Waals surface area contributed by atoms with E-state index in [0.717, 1.165) is 25.9 Å². The first-order valence-electron chi connectivity index (χ1n) is 5.18. The lowest BCUT2D eigenvalue weighted by molar-refractivity contribution is -0.323. The van der Waals surface area contributed by atoms with E-state index < -0.39 is 13.0 Å². The second-order valence-corrected chi connectivity index (χ2v) is 3.56. The number of alkyl halides is 3. The third-order valence-electron chi connectivity index (χ3n) is 2.28. The van der Waals surface area contributed by atoms with Gasteiger partial charge < -0.3 is 10.2 Å². The van der Waals surface area contributed by atoms with Crippen molar-refractivity contribution in [2.45, 2.75) is 19.2 Å². The number of rotatable bonds is 5. The van der Waals surface area contributed by atoms with Crippen LogP contribution in [0.15, 0.2) is 0 Å². The van der Waals surface area contributed by atoms with Gasteiger partial charge in [0.25, 0.3) is 0 Å². The Labute approximate surface area is 91.7 Å². The van der Waals surface area contributed by atoms with E-state index in [-0.39, 0.29) is 19.0 Å². The van der Waals surface area contributed by atoms with Crippen LogP contribution in [0, 0.1) is 0 Å². The molecular weight excluding hydrogens is 225 g/mol. The van der Waals surface area contributed by atoms with Gasteiger partial charge in [0, 0.05) is 19.6 Å². The predicted octanol–water partition coefficient (Wildman–Crippen LogP) is 0.735. The summed E-state index contributed by atoms with van der Waals surface area (Å²) in [5, 5.41) is 2.62. The van der Waals surface area contributed by atoms with Crippen molar-refractivity contribution in [2.75, 3.05) is 32.8 Å². The number of nitrogens with zero attached hydrogens (tertiary/aromatic N) is 1. The molecule has 16 heavy (non-hydrogen) atoms. The molecule has 1 heterocycles. The van der Waals surface area contributed by atoms with Crippen molar-refractivity contribution in [3.05, 3.63) is 0 Å². The molecule has 1 aliphatic heterocycles. The molecule has 1 amide bonds. The first-order chi connectivity index (χ1) is 7.49. The standard InChI is InChI=1S/C9H15F3N2O2/c10-9(11,12)16-6-3-13-7-8(15)14-4-1-2-5-14/h13H,1-7H2. The minimum Gasteiger partial charge on any atom is -0.342 e. The molecule has 1 rings (SSSR count). The zero-order valence-corrected chi connectivity index (χ0v) is 8.85. The molecule has 0 aromatic carbocycles. The number of carbonyl (C=O) groups is 1. The van der Waals surface area contributed by atoms with Gasteiger partial charge in [-0.1, -0.05) is 0 Å². The summed E-state index contributed by atoms with van der Waals surface area (Å²) in [4.78, 5) is 13.1. The summed E-state index contributed by atoms with van der Waals surface area (Å²) in [6, 6.07) is 0. The summed E-state index contributed by atoms with van der Waals surface area (Å²) in [6.07, 6.45) is -2.59. The number of ether oxygens (including phenoxy) is 1. The topological polar surface area (TPSA) is 41.6 Å². The highest BCUT2D eigenvalue weighted by Crippen LogP contribution is 2.15. The van der Waals surface area contributed by atoms with Crippen LogP contribution in [0.3, 0.4) is 0 Å². The number of amides is 1. The van der Waals surface area contributed by atoms with Gasteiger partial charge in [-0.05, 0) is 12.8 Å². The smallest absolute Gasteiger partial charge is 0.342 e. The van der Waals surface area contributed by atoms with Gasteiger partial charge >= 0.3 is 6.36 Å². The van der Waals surface area contributed by atoms with Crippen LogP contribution in [0.4, 0.5) is 13.2 Å². The number of hydrogen-bond acceptors (Lipinski definition) is 3. The SMILES string of the molecule is O=C(CNCCOC(F)(F)F)N1CCCC1. The van der Waals surface area contributed by atoms with E-state index >= 15 is 0 Å². The maximum atomic E-state index is 11.6. The Balaban J connectivity index is 2.00. The van der Waals surface area contributed by atoms with Crippen LogP contribution in [0.2, 0.25) is 0 Å². The Morgan fingerprint density at radius 1 is 1.31 bits per heavy atom. The van der Waals surface area contributed by atoms with E-state index in [4.69, 9.17) is 0 Å². The molecule has 94 valence electrons. The van der Waals surface area contributed by atoms with Gasteiger partial charge in [0.05, 0.1) is 13.2 Å². The molecule has 1 aliphatic rings. The predicted molar refractivity (Wildman–Crippen MR) is 50.7 cm³/mol. The number of hydrogen-bond donors (Lipinski definition) is 1. The average Bonchev–Trinajstić information content (AvgIpc) is 2.67. The number of likely N-dealkylation sites (tertiary alicyclic amines) is 1. The van der Waals surface area contributed by atoms with Gasteiger partial charge in [-0.2, -0.15) is 0 Å². The van der Waals surface area contributed by atoms with Gasteiger partial charge in [0.2, 0.25) is 5.91 Å². The van der Waals surface area contributed by atoms with Gasteiger partial charge in [0.1, 0.15) is 0 Å². The molecule has 0 spiro atoms. The zero-order valence-electron chi connectivity index (χ0n) is 8.85. The molecule has 7 heteroatoms. The van der Waals surface area contributed by atoms with Crippen molar-refractivity contribution in [3.8, 4) is 0 Å². The van der Waals surface area contributed by atoms with E-state index in [1.807, 2.05) is 0 Å². The third kappa shape index (κ3) is 5.32. The second kappa shape index (κ2) is 6.05. The molecule has 1 fully saturated rings. The lowest BCUT2D eigenvalue weighted by Gasteiger charge is -2.15. The molecular formula is C9H15F3N2O2. The van der Waals surface area contributed by atoms with Crippen LogP contribution in [0.1, 0.15) is 12.8 Å². The highest BCUT2D eigenvalue weighted by molar-refractivity contribution is 5.78. The molecule has 0 atom stereocenters. The van der Waals surface area contributed by atoms with Gasteiger partial charge in [-0.25, -0.2) is 0 Å². The molecule has 1 N–H and O–H groups in total. The molecule has 1 saturated heterocycles. The lowest BCUT2D eigenvalue weighted by Crippen LogP contribution is -2.37. The molecule has 0 bridgehead atoms. The monoisotopic (exact) mass is 240 g/mol. The van der Waals surface area contributed by atoms with Crippen LogP contribution >= 0.6 is 0 Å². The lowest BCUT2D eigenvalue weighted by atomic mass is 10.4. The van der Waals surface area contributed by atoms with E-state index in [1.165, 1.54) is 0 Å². The van der Waals surface area contributed by atoms with Crippen molar-refractivity contribution < 1.29 is 22.7 Å². The van der Waals surface area contributed by atoms with Crippen molar-refractivity contribution in [2.24, 2.45) is 0 Å². The quantitative estimate of drug-likeness (QED) is 0.720. The number of halogens is 3. The normalized spacial score (nSPS) is 16.8. The first kappa shape index (κ1) is 13.2. The fourth-order valence-electron chi connectivity index (χ4n) is 1.51. The summed E-state index contributed by atoms with van der Waals surface area (Å²) in [5.41, 5.74) is 0. The summed E-state index contributed by atoms with van der Waals surface area (Å²) >= 11 is 0. The Hall–Kier alpha value is -0.820. The van der Waals surface area contributed by atoms with Crippen LogP contribution in [0.25, 0.3) is 0 Å². The largest absolute Gasteiger partial charge is 0.522 e. The molecule has 0 radical (unpaired) electrons. The van der Waals surface area contributed by atoms with Crippen LogP contribution in [-0.4, -0.2) is 50.0 Å². The Morgan fingerprint density at radius 2 is 1.94 bits per heavy atom. The van der Waals surface area contributed by atoms with Crippen molar-refractivity contribution in [3.63, 3.8) is 0 Å². The maximum Gasteiger partial charge on any atom is 0.522 e. The van der Waals surface area contributed by atoms with Crippen molar-refractivity contribution in [1.82, 2.24) is 10.2 Å². The Bertz CT molecular complexity index is 227. The van der Waals surface area contributed by atoms with E-state index in [0.29, 0.717) is 0 Å². The molecule has 0 aromatic rings. The first-order valence-corrected chi connectivity index (χ1v) is 5.18. The highest BCUT2D eigenvalue weighted by atomic mass is 19.4. The fraction of sp³-hybridized carbons (Fsp3) is 0.889. The number of carbonyl (C=O) groups excluding carboxylic acids is 1. The second-order valence-electron chi connectivity index (χ2n) is 3.56. The van der Waals surface area contributed by atoms with Gasteiger partial charge in [-0.3, -0.25) is 9.53 Å². The maximum absolute atomic E-state index is 11.6. The summed E-state index contributed by atoms with van der Waals surface area (Å²) in [7, 11) is 0.